The first-order valence-electron chi connectivity index (χ1n) is 9.02. The van der Waals surface area contributed by atoms with Crippen LogP contribution in [0.5, 0.6) is 0 Å². The fraction of sp³-hybridized carbons (Fsp3) is 0.300. The van der Waals surface area contributed by atoms with Crippen LogP contribution in [0.3, 0.4) is 0 Å². The van der Waals surface area contributed by atoms with Gasteiger partial charge in [0, 0.05) is 50.6 Å². The van der Waals surface area contributed by atoms with Crippen LogP contribution in [0.25, 0.3) is 0 Å². The van der Waals surface area contributed by atoms with Crippen LogP contribution in [0.2, 0.25) is 0 Å². The molecule has 2 heterocycles. The molecule has 2 N–H and O–H groups in total. The van der Waals surface area contributed by atoms with Crippen LogP contribution in [-0.2, 0) is 20.9 Å². The summed E-state index contributed by atoms with van der Waals surface area (Å²) < 4.78 is 13.0. The highest BCUT2D eigenvalue weighted by Gasteiger charge is 2.34. The maximum Gasteiger partial charge on any atom is 0.227 e. The highest BCUT2D eigenvalue weighted by Crippen LogP contribution is 2.25. The van der Waals surface area contributed by atoms with Crippen molar-refractivity contribution in [1.29, 1.82) is 0 Å². The van der Waals surface area contributed by atoms with Gasteiger partial charge in [-0.05, 0) is 42.0 Å². The molecule has 0 aliphatic carbocycles. The summed E-state index contributed by atoms with van der Waals surface area (Å²) in [4.78, 5) is 41.7. The third kappa shape index (κ3) is 5.12. The van der Waals surface area contributed by atoms with Crippen molar-refractivity contribution in [2.45, 2.75) is 19.4 Å². The van der Waals surface area contributed by atoms with E-state index in [1.807, 2.05) is 12.1 Å². The Kier molecular flexibility index (Phi) is 6.31. The minimum atomic E-state index is -0.488. The summed E-state index contributed by atoms with van der Waals surface area (Å²) in [6, 6.07) is 9.21. The van der Waals surface area contributed by atoms with Crippen LogP contribution in [0.1, 0.15) is 18.4 Å². The Labute approximate surface area is 161 Å². The van der Waals surface area contributed by atoms with E-state index in [2.05, 4.69) is 15.6 Å². The molecular formula is C20H21FN4O3. The normalized spacial score (nSPS) is 16.1. The van der Waals surface area contributed by atoms with Gasteiger partial charge in [-0.1, -0.05) is 0 Å². The number of aromatic nitrogens is 1. The van der Waals surface area contributed by atoms with Crippen LogP contribution in [-0.4, -0.2) is 35.8 Å². The van der Waals surface area contributed by atoms with E-state index in [9.17, 15) is 18.8 Å². The largest absolute Gasteiger partial charge is 0.355 e. The van der Waals surface area contributed by atoms with Gasteiger partial charge in [-0.25, -0.2) is 4.39 Å². The van der Waals surface area contributed by atoms with E-state index < -0.39 is 5.92 Å². The molecule has 28 heavy (non-hydrogen) atoms. The number of carbonyl (C=O) groups excluding carboxylic acids is 3. The van der Waals surface area contributed by atoms with Gasteiger partial charge in [-0.15, -0.1) is 0 Å². The number of hydrogen-bond donors (Lipinski definition) is 2. The summed E-state index contributed by atoms with van der Waals surface area (Å²) in [6.07, 6.45) is 3.55. The number of pyridine rings is 1. The Morgan fingerprint density at radius 1 is 1.11 bits per heavy atom. The predicted molar refractivity (Wildman–Crippen MR) is 101 cm³/mol. The Morgan fingerprint density at radius 2 is 1.82 bits per heavy atom. The maximum absolute atomic E-state index is 13.0. The first-order chi connectivity index (χ1) is 13.5. The summed E-state index contributed by atoms with van der Waals surface area (Å²) in [5.74, 6) is -1.49. The van der Waals surface area contributed by atoms with E-state index in [1.165, 1.54) is 29.2 Å². The zero-order chi connectivity index (χ0) is 19.9. The summed E-state index contributed by atoms with van der Waals surface area (Å²) in [5, 5.41) is 5.48. The summed E-state index contributed by atoms with van der Waals surface area (Å²) in [5.41, 5.74) is 1.51. The van der Waals surface area contributed by atoms with Gasteiger partial charge >= 0.3 is 0 Å². The van der Waals surface area contributed by atoms with Crippen LogP contribution in [0.4, 0.5) is 10.1 Å². The van der Waals surface area contributed by atoms with E-state index in [1.54, 1.807) is 12.4 Å². The average molecular weight is 384 g/mol. The lowest BCUT2D eigenvalue weighted by Gasteiger charge is -2.16. The second-order valence-electron chi connectivity index (χ2n) is 6.56. The monoisotopic (exact) mass is 384 g/mol. The Morgan fingerprint density at radius 3 is 2.54 bits per heavy atom. The second-order valence-corrected chi connectivity index (χ2v) is 6.56. The SMILES string of the molecule is O=C(CCNC(=O)C1CC(=O)N(c2ccc(F)cc2)C1)NCc1ccncc1. The molecule has 146 valence electrons. The number of carbonyl (C=O) groups is 3. The summed E-state index contributed by atoms with van der Waals surface area (Å²) in [7, 11) is 0. The van der Waals surface area contributed by atoms with Crippen molar-refractivity contribution in [2.24, 2.45) is 5.92 Å². The van der Waals surface area contributed by atoms with Crippen molar-refractivity contribution in [1.82, 2.24) is 15.6 Å². The molecular weight excluding hydrogens is 363 g/mol. The molecule has 1 fully saturated rings. The fourth-order valence-electron chi connectivity index (χ4n) is 2.99. The van der Waals surface area contributed by atoms with Crippen molar-refractivity contribution in [3.05, 3.63) is 60.2 Å². The maximum atomic E-state index is 13.0. The van der Waals surface area contributed by atoms with E-state index in [-0.39, 0.29) is 49.5 Å². The van der Waals surface area contributed by atoms with Gasteiger partial charge in [-0.2, -0.15) is 0 Å². The molecule has 1 aliphatic rings. The van der Waals surface area contributed by atoms with E-state index in [4.69, 9.17) is 0 Å². The number of anilines is 1. The molecule has 8 heteroatoms. The van der Waals surface area contributed by atoms with Crippen molar-refractivity contribution in [3.8, 4) is 0 Å². The molecule has 1 unspecified atom stereocenters. The van der Waals surface area contributed by atoms with Crippen molar-refractivity contribution in [2.75, 3.05) is 18.0 Å². The Bertz CT molecular complexity index is 842. The van der Waals surface area contributed by atoms with Gasteiger partial charge < -0.3 is 15.5 Å². The Balaban J connectivity index is 1.41. The zero-order valence-corrected chi connectivity index (χ0v) is 15.2. The van der Waals surface area contributed by atoms with Gasteiger partial charge in [0.25, 0.3) is 0 Å². The van der Waals surface area contributed by atoms with E-state index in [0.29, 0.717) is 12.2 Å². The zero-order valence-electron chi connectivity index (χ0n) is 15.2. The lowest BCUT2D eigenvalue weighted by Crippen LogP contribution is -2.35. The van der Waals surface area contributed by atoms with Crippen LogP contribution >= 0.6 is 0 Å². The number of rotatable bonds is 7. The molecule has 3 rings (SSSR count). The quantitative estimate of drug-likeness (QED) is 0.755. The minimum Gasteiger partial charge on any atom is -0.355 e. The molecule has 1 atom stereocenters. The molecule has 1 aromatic heterocycles. The Hall–Kier alpha value is -3.29. The molecule has 7 nitrogen and oxygen atoms in total. The molecule has 1 aromatic carbocycles. The van der Waals surface area contributed by atoms with Gasteiger partial charge in [0.05, 0.1) is 5.92 Å². The van der Waals surface area contributed by atoms with Gasteiger partial charge in [0.15, 0.2) is 0 Å². The number of halogens is 1. The minimum absolute atomic E-state index is 0.0947. The first kappa shape index (κ1) is 19.5. The number of hydrogen-bond acceptors (Lipinski definition) is 4. The lowest BCUT2D eigenvalue weighted by atomic mass is 10.1. The lowest BCUT2D eigenvalue weighted by molar-refractivity contribution is -0.126. The molecule has 1 aliphatic heterocycles. The second kappa shape index (κ2) is 9.07. The smallest absolute Gasteiger partial charge is 0.227 e. The topological polar surface area (TPSA) is 91.4 Å². The standard InChI is InChI=1S/C20H21FN4O3/c21-16-1-3-17(4-2-16)25-13-15(11-19(25)27)20(28)23-10-7-18(26)24-12-14-5-8-22-9-6-14/h1-6,8-9,15H,7,10-13H2,(H,23,28)(H,24,26). The van der Waals surface area contributed by atoms with Crippen LogP contribution in [0, 0.1) is 11.7 Å². The average Bonchev–Trinajstić information content (AvgIpc) is 3.09. The third-order valence-corrected chi connectivity index (χ3v) is 4.52. The van der Waals surface area contributed by atoms with E-state index >= 15 is 0 Å². The number of benzene rings is 1. The van der Waals surface area contributed by atoms with Crippen molar-refractivity contribution < 1.29 is 18.8 Å². The van der Waals surface area contributed by atoms with Gasteiger partial charge in [-0.3, -0.25) is 19.4 Å². The molecule has 0 spiro atoms. The van der Waals surface area contributed by atoms with E-state index in [0.717, 1.165) is 5.56 Å². The first-order valence-corrected chi connectivity index (χ1v) is 9.02. The molecule has 1 saturated heterocycles. The fourth-order valence-corrected chi connectivity index (χ4v) is 2.99. The summed E-state index contributed by atoms with van der Waals surface area (Å²) in [6.45, 7) is 0.839. The molecule has 0 radical (unpaired) electrons. The van der Waals surface area contributed by atoms with Gasteiger partial charge in [0.1, 0.15) is 5.82 Å². The predicted octanol–water partition coefficient (Wildman–Crippen LogP) is 1.40. The summed E-state index contributed by atoms with van der Waals surface area (Å²) >= 11 is 0. The molecule has 0 saturated carbocycles. The van der Waals surface area contributed by atoms with Crippen LogP contribution in [0.15, 0.2) is 48.8 Å². The molecule has 0 bridgehead atoms. The number of nitrogens with one attached hydrogen (secondary N) is 2. The molecule has 2 aromatic rings. The number of nitrogens with zero attached hydrogens (tertiary/aromatic N) is 2. The van der Waals surface area contributed by atoms with Crippen LogP contribution < -0.4 is 15.5 Å². The molecule has 3 amide bonds. The van der Waals surface area contributed by atoms with Crippen molar-refractivity contribution in [3.63, 3.8) is 0 Å². The van der Waals surface area contributed by atoms with Crippen molar-refractivity contribution >= 4 is 23.4 Å². The highest BCUT2D eigenvalue weighted by atomic mass is 19.1. The third-order valence-electron chi connectivity index (χ3n) is 4.52. The highest BCUT2D eigenvalue weighted by molar-refractivity contribution is 6.00. The number of amides is 3. The van der Waals surface area contributed by atoms with Gasteiger partial charge in [0.2, 0.25) is 17.7 Å².